The highest BCUT2D eigenvalue weighted by Crippen LogP contribution is 2.33. The van der Waals surface area contributed by atoms with Crippen LogP contribution < -0.4 is 4.72 Å². The summed E-state index contributed by atoms with van der Waals surface area (Å²) in [6.07, 6.45) is -6.93. The first-order valence-electron chi connectivity index (χ1n) is 15.3. The van der Waals surface area contributed by atoms with Crippen LogP contribution in [0.2, 0.25) is 0 Å². The van der Waals surface area contributed by atoms with Gasteiger partial charge in [-0.25, -0.2) is 27.5 Å². The van der Waals surface area contributed by atoms with Crippen molar-refractivity contribution in [3.05, 3.63) is 106 Å². The Balaban J connectivity index is 1.05. The number of amides is 3. The number of hydrazine groups is 1. The maximum absolute atomic E-state index is 13.5. The Morgan fingerprint density at radius 2 is 1.69 bits per heavy atom. The molecule has 2 aliphatic heterocycles. The second-order valence-corrected chi connectivity index (χ2v) is 13.2. The lowest BCUT2D eigenvalue weighted by atomic mass is 10.1. The Kier molecular flexibility index (Phi) is 9.15. The highest BCUT2D eigenvalue weighted by atomic mass is 32.2. The van der Waals surface area contributed by atoms with Gasteiger partial charge in [-0.15, -0.1) is 5.01 Å². The fraction of sp³-hybridized carbons (Fsp3) is 0.250. The van der Waals surface area contributed by atoms with E-state index in [-0.39, 0.29) is 38.9 Å². The summed E-state index contributed by atoms with van der Waals surface area (Å²) in [6.45, 7) is 2.96. The average molecular weight is 728 g/mol. The highest BCUT2D eigenvalue weighted by Gasteiger charge is 2.41. The molecule has 266 valence electrons. The lowest BCUT2D eigenvalue weighted by Gasteiger charge is -2.34. The molecule has 1 fully saturated rings. The van der Waals surface area contributed by atoms with E-state index in [4.69, 9.17) is 9.57 Å². The van der Waals surface area contributed by atoms with Crippen LogP contribution in [0.4, 0.5) is 18.0 Å². The van der Waals surface area contributed by atoms with E-state index in [9.17, 15) is 41.2 Å². The summed E-state index contributed by atoms with van der Waals surface area (Å²) in [7, 11) is -4.48. The zero-order valence-corrected chi connectivity index (χ0v) is 27.6. The molecule has 1 aromatic heterocycles. The second-order valence-electron chi connectivity index (χ2n) is 11.6. The van der Waals surface area contributed by atoms with Crippen molar-refractivity contribution in [3.63, 3.8) is 0 Å². The molecule has 0 aliphatic carbocycles. The summed E-state index contributed by atoms with van der Waals surface area (Å²) in [5.41, 5.74) is 0.847. The number of carbonyl (C=O) groups excluding carboxylic acids is 3. The van der Waals surface area contributed by atoms with Crippen molar-refractivity contribution >= 4 is 27.9 Å². The number of alkyl halides is 3. The van der Waals surface area contributed by atoms with Crippen molar-refractivity contribution in [2.75, 3.05) is 13.2 Å². The molecule has 2 aliphatic rings. The van der Waals surface area contributed by atoms with Crippen LogP contribution in [0.5, 0.6) is 0 Å². The van der Waals surface area contributed by atoms with E-state index in [0.29, 0.717) is 12.0 Å². The van der Waals surface area contributed by atoms with Crippen LogP contribution in [0, 0.1) is 12.1 Å². The SMILES string of the molecule is Cc1ccc(-c2cc(C(F)(F)F)nn2-c2ccc(S(=O)(=O)NC(=O)OC[C@@H]3CCN3/[N+]([O-])=N\OC(C)N3C(=O)c4ccccc4C3=O)cc2)cc1. The van der Waals surface area contributed by atoms with Crippen LogP contribution in [-0.2, 0) is 25.8 Å². The summed E-state index contributed by atoms with van der Waals surface area (Å²) in [4.78, 5) is 43.3. The van der Waals surface area contributed by atoms with E-state index in [2.05, 4.69) is 10.4 Å². The minimum absolute atomic E-state index is 0.0733. The molecule has 1 saturated heterocycles. The van der Waals surface area contributed by atoms with Crippen molar-refractivity contribution in [2.24, 2.45) is 5.28 Å². The maximum Gasteiger partial charge on any atom is 0.435 e. The first-order valence-corrected chi connectivity index (χ1v) is 16.7. The summed E-state index contributed by atoms with van der Waals surface area (Å²) >= 11 is 0. The number of halogens is 3. The predicted octanol–water partition coefficient (Wildman–Crippen LogP) is 4.81. The number of rotatable bonds is 10. The average Bonchev–Trinajstić information content (AvgIpc) is 3.63. The Morgan fingerprint density at radius 1 is 1.06 bits per heavy atom. The third kappa shape index (κ3) is 7.05. The number of benzene rings is 3. The zero-order valence-electron chi connectivity index (χ0n) is 26.8. The number of aromatic nitrogens is 2. The van der Waals surface area contributed by atoms with E-state index < -0.39 is 58.7 Å². The molecule has 0 radical (unpaired) electrons. The molecule has 0 bridgehead atoms. The largest absolute Gasteiger partial charge is 0.569 e. The molecule has 3 amide bonds. The molecular formula is C32H28F3N7O8S. The van der Waals surface area contributed by atoms with E-state index in [0.717, 1.165) is 38.4 Å². The van der Waals surface area contributed by atoms with Crippen LogP contribution in [0.1, 0.15) is 45.3 Å². The van der Waals surface area contributed by atoms with Crippen molar-refractivity contribution in [1.82, 2.24) is 24.4 Å². The first-order chi connectivity index (χ1) is 24.1. The molecule has 51 heavy (non-hydrogen) atoms. The Bertz CT molecular complexity index is 2100. The number of nitrogens with zero attached hydrogens (tertiary/aromatic N) is 6. The van der Waals surface area contributed by atoms with Crippen LogP contribution in [0.3, 0.4) is 0 Å². The lowest BCUT2D eigenvalue weighted by molar-refractivity contribution is -0.733. The van der Waals surface area contributed by atoms with Gasteiger partial charge < -0.3 is 14.8 Å². The molecule has 3 aromatic carbocycles. The fourth-order valence-electron chi connectivity index (χ4n) is 5.35. The Hall–Kier alpha value is -5.98. The van der Waals surface area contributed by atoms with Gasteiger partial charge in [-0.1, -0.05) is 42.0 Å². The van der Waals surface area contributed by atoms with Crippen LogP contribution in [-0.4, -0.2) is 76.4 Å². The van der Waals surface area contributed by atoms with Gasteiger partial charge in [0.1, 0.15) is 12.6 Å². The van der Waals surface area contributed by atoms with Gasteiger partial charge in [-0.3, -0.25) is 9.59 Å². The third-order valence-electron chi connectivity index (χ3n) is 8.15. The Morgan fingerprint density at radius 3 is 2.25 bits per heavy atom. The van der Waals surface area contributed by atoms with Gasteiger partial charge in [0, 0.05) is 5.56 Å². The van der Waals surface area contributed by atoms with Crippen molar-refractivity contribution in [2.45, 2.75) is 43.6 Å². The van der Waals surface area contributed by atoms with E-state index in [1.54, 1.807) is 41.1 Å². The molecule has 3 heterocycles. The van der Waals surface area contributed by atoms with Gasteiger partial charge in [0.25, 0.3) is 21.8 Å². The van der Waals surface area contributed by atoms with Crippen molar-refractivity contribution in [3.8, 4) is 16.9 Å². The zero-order chi connectivity index (χ0) is 36.7. The number of carbonyl (C=O) groups is 3. The molecule has 1 N–H and O–H groups in total. The number of fused-ring (bicyclic) bond motifs is 1. The van der Waals surface area contributed by atoms with Crippen molar-refractivity contribution < 1.29 is 50.5 Å². The molecule has 2 atom stereocenters. The summed E-state index contributed by atoms with van der Waals surface area (Å²) < 4.78 is 74.2. The van der Waals surface area contributed by atoms with Crippen molar-refractivity contribution in [1.29, 1.82) is 0 Å². The number of nitrogens with one attached hydrogen (secondary N) is 1. The Labute approximate surface area is 288 Å². The lowest BCUT2D eigenvalue weighted by Crippen LogP contribution is -2.54. The number of sulfonamides is 1. The minimum Gasteiger partial charge on any atom is -0.569 e. The van der Waals surface area contributed by atoms with Gasteiger partial charge in [-0.2, -0.15) is 18.3 Å². The molecule has 6 rings (SSSR count). The molecule has 19 heteroatoms. The monoisotopic (exact) mass is 727 g/mol. The predicted molar refractivity (Wildman–Crippen MR) is 169 cm³/mol. The molecule has 15 nitrogen and oxygen atoms in total. The summed E-state index contributed by atoms with van der Waals surface area (Å²) in [6, 6.07) is 17.8. The smallest absolute Gasteiger partial charge is 0.435 e. The molecule has 1 unspecified atom stereocenters. The van der Waals surface area contributed by atoms with E-state index >= 15 is 0 Å². The summed E-state index contributed by atoms with van der Waals surface area (Å²) in [5, 5.41) is 20.8. The topological polar surface area (TPSA) is 179 Å². The van der Waals surface area contributed by atoms with Crippen LogP contribution in [0.15, 0.2) is 89.0 Å². The van der Waals surface area contributed by atoms with Gasteiger partial charge in [0.05, 0.1) is 38.9 Å². The summed E-state index contributed by atoms with van der Waals surface area (Å²) in [5.74, 6) is -1.21. The molecular weight excluding hydrogens is 699 g/mol. The number of imide groups is 1. The minimum atomic E-state index is -4.73. The normalized spacial score (nSPS) is 16.8. The van der Waals surface area contributed by atoms with Crippen LogP contribution >= 0.6 is 0 Å². The third-order valence-corrected chi connectivity index (χ3v) is 9.48. The number of hydrogen-bond donors (Lipinski definition) is 1. The van der Waals surface area contributed by atoms with Crippen LogP contribution in [0.25, 0.3) is 16.9 Å². The molecule has 0 saturated carbocycles. The number of hydrogen-bond acceptors (Lipinski definition) is 10. The second kappa shape index (κ2) is 13.4. The molecule has 0 spiro atoms. The van der Waals surface area contributed by atoms with Gasteiger partial charge >= 0.3 is 12.3 Å². The fourth-order valence-corrected chi connectivity index (χ4v) is 6.24. The number of ether oxygens (including phenoxy) is 1. The van der Waals surface area contributed by atoms with Gasteiger partial charge in [0.2, 0.25) is 11.5 Å². The number of aryl methyl sites for hydroxylation is 1. The first kappa shape index (κ1) is 34.9. The standard InChI is InChI=1S/C32H28F3N7O8S/c1-19-7-9-21(10-8-19)27-17-28(32(33,34)35)36-41(27)22-11-13-24(14-12-22)51(47,48)37-31(45)49-18-23-15-16-39(23)42(46)38-50-20(2)40-29(43)25-5-3-4-6-26(25)30(40)44/h3-14,17,20,23H,15-16,18H2,1-2H3,(H,37,45)/b42-38+/t20?,23-/m0/s1. The quantitative estimate of drug-likeness (QED) is 0.103. The molecule has 4 aromatic rings. The highest BCUT2D eigenvalue weighted by molar-refractivity contribution is 7.90. The van der Waals surface area contributed by atoms with Gasteiger partial charge in [0.15, 0.2) is 5.69 Å². The maximum atomic E-state index is 13.5. The van der Waals surface area contributed by atoms with E-state index in [1.807, 2.05) is 6.92 Å². The van der Waals surface area contributed by atoms with E-state index in [1.165, 1.54) is 31.2 Å². The van der Waals surface area contributed by atoms with Gasteiger partial charge in [-0.05, 0) is 62.7 Å².